The van der Waals surface area contributed by atoms with E-state index in [1.54, 1.807) is 6.21 Å². The molecule has 0 amide bonds. The van der Waals surface area contributed by atoms with E-state index in [0.29, 0.717) is 18.1 Å². The van der Waals surface area contributed by atoms with Crippen LogP contribution in [0.5, 0.6) is 5.88 Å². The molecular weight excluding hydrogens is 466 g/mol. The summed E-state index contributed by atoms with van der Waals surface area (Å²) in [4.78, 5) is 26.9. The second kappa shape index (κ2) is 7.89. The minimum Gasteiger partial charge on any atom is -0.472 e. The summed E-state index contributed by atoms with van der Waals surface area (Å²) in [5.74, 6) is 0.358. The molecular formula is C25H26ClN7O2. The number of ketones is 1. The lowest BCUT2D eigenvalue weighted by Gasteiger charge is -2.67. The molecule has 2 bridgehead atoms. The van der Waals surface area contributed by atoms with Gasteiger partial charge in [0, 0.05) is 43.0 Å². The molecule has 4 fully saturated rings. The van der Waals surface area contributed by atoms with Crippen molar-refractivity contribution in [2.24, 2.45) is 15.8 Å². The Balaban J connectivity index is 1.16. The number of aryl methyl sites for hydroxylation is 1. The maximum atomic E-state index is 11.9. The van der Waals surface area contributed by atoms with Gasteiger partial charge in [0.05, 0.1) is 35.1 Å². The summed E-state index contributed by atoms with van der Waals surface area (Å²) in [7, 11) is 0. The molecule has 3 aliphatic carbocycles. The lowest BCUT2D eigenvalue weighted by atomic mass is 9.36. The van der Waals surface area contributed by atoms with Crippen molar-refractivity contribution in [2.75, 3.05) is 19.6 Å². The predicted octanol–water partition coefficient (Wildman–Crippen LogP) is 3.21. The molecule has 2 aromatic heterocycles. The van der Waals surface area contributed by atoms with Crippen molar-refractivity contribution in [1.29, 1.82) is 5.26 Å². The Hall–Kier alpha value is -3.25. The molecule has 2 aliphatic heterocycles. The Labute approximate surface area is 208 Å². The minimum atomic E-state index is -0.154. The zero-order valence-corrected chi connectivity index (χ0v) is 20.5. The third-order valence-corrected chi connectivity index (χ3v) is 8.24. The summed E-state index contributed by atoms with van der Waals surface area (Å²) < 4.78 is 8.27. The van der Waals surface area contributed by atoms with Gasteiger partial charge in [-0.1, -0.05) is 11.6 Å². The standard InChI is InChI=1S/C25H26ClN7O2/c1-15-22(16(2)33(31-15)13-25-9-24(10-25,11-25)12-27)18-5-21(30-14-29-18)35-17-3-4-32(8-17)19-6-28-7-20(34)23(19)26/h5-6,14,17H,3-4,7-11,13H2,1-2H3/t17-,24?,25?/m1/s1. The molecule has 0 aromatic carbocycles. The van der Waals surface area contributed by atoms with Crippen molar-refractivity contribution in [3.8, 4) is 23.2 Å². The van der Waals surface area contributed by atoms with Crippen molar-refractivity contribution < 1.29 is 9.53 Å². The number of nitriles is 1. The number of aliphatic imine (C=N–C) groups is 1. The molecule has 0 radical (unpaired) electrons. The van der Waals surface area contributed by atoms with Crippen LogP contribution in [-0.2, 0) is 11.3 Å². The molecule has 5 aliphatic rings. The number of ether oxygens (including phenoxy) is 1. The van der Waals surface area contributed by atoms with Crippen LogP contribution in [0.1, 0.15) is 37.1 Å². The smallest absolute Gasteiger partial charge is 0.217 e. The number of hydrogen-bond donors (Lipinski definition) is 0. The summed E-state index contributed by atoms with van der Waals surface area (Å²) in [5, 5.41) is 14.4. The van der Waals surface area contributed by atoms with Crippen molar-refractivity contribution in [3.05, 3.63) is 34.5 Å². The van der Waals surface area contributed by atoms with Crippen LogP contribution in [0, 0.1) is 36.0 Å². The highest BCUT2D eigenvalue weighted by Crippen LogP contribution is 2.73. The first-order chi connectivity index (χ1) is 16.8. The van der Waals surface area contributed by atoms with E-state index in [1.807, 2.05) is 17.9 Å². The van der Waals surface area contributed by atoms with Gasteiger partial charge >= 0.3 is 0 Å². The fourth-order valence-corrected chi connectivity index (χ4v) is 6.51. The molecule has 7 rings (SSSR count). The zero-order valence-electron chi connectivity index (χ0n) is 19.8. The van der Waals surface area contributed by atoms with Crippen LogP contribution >= 0.6 is 11.6 Å². The Morgan fingerprint density at radius 2 is 2.09 bits per heavy atom. The number of rotatable bonds is 6. The molecule has 0 N–H and O–H groups in total. The Morgan fingerprint density at radius 1 is 1.29 bits per heavy atom. The van der Waals surface area contributed by atoms with Gasteiger partial charge in [-0.2, -0.15) is 10.4 Å². The Bertz CT molecular complexity index is 1320. The van der Waals surface area contributed by atoms with Crippen LogP contribution < -0.4 is 4.74 Å². The molecule has 3 saturated carbocycles. The molecule has 35 heavy (non-hydrogen) atoms. The highest BCUT2D eigenvalue weighted by atomic mass is 35.5. The number of nitrogens with zero attached hydrogens (tertiary/aromatic N) is 7. The molecule has 0 unspecified atom stereocenters. The van der Waals surface area contributed by atoms with Gasteiger partial charge in [-0.25, -0.2) is 9.97 Å². The topological polar surface area (TPSA) is 109 Å². The van der Waals surface area contributed by atoms with Crippen LogP contribution in [0.15, 0.2) is 28.1 Å². The number of Topliss-reactive ketones (excluding diaryl/α,β-unsaturated/α-hetero) is 1. The maximum Gasteiger partial charge on any atom is 0.217 e. The number of aromatic nitrogens is 4. The Kier molecular flexibility index (Phi) is 5.01. The summed E-state index contributed by atoms with van der Waals surface area (Å²) in [6.45, 7) is 6.36. The molecule has 10 heteroatoms. The van der Waals surface area contributed by atoms with Crippen molar-refractivity contribution in [1.82, 2.24) is 24.6 Å². The number of hydrogen-bond acceptors (Lipinski definition) is 8. The summed E-state index contributed by atoms with van der Waals surface area (Å²) in [5.41, 5.74) is 4.61. The van der Waals surface area contributed by atoms with E-state index in [4.69, 9.17) is 21.4 Å². The third-order valence-electron chi connectivity index (χ3n) is 7.83. The average Bonchev–Trinajstić information content (AvgIpc) is 3.35. The molecule has 0 spiro atoms. The first-order valence-electron chi connectivity index (χ1n) is 11.9. The van der Waals surface area contributed by atoms with Crippen molar-refractivity contribution in [3.63, 3.8) is 0 Å². The van der Waals surface area contributed by atoms with E-state index in [0.717, 1.165) is 61.4 Å². The van der Waals surface area contributed by atoms with Crippen molar-refractivity contribution in [2.45, 2.75) is 52.2 Å². The van der Waals surface area contributed by atoms with Gasteiger partial charge in [-0.3, -0.25) is 14.5 Å². The van der Waals surface area contributed by atoms with Gasteiger partial charge in [-0.05, 0) is 38.5 Å². The summed E-state index contributed by atoms with van der Waals surface area (Å²) in [6, 6.07) is 4.35. The Morgan fingerprint density at radius 3 is 2.86 bits per heavy atom. The van der Waals surface area contributed by atoms with Crippen LogP contribution in [0.25, 0.3) is 11.3 Å². The van der Waals surface area contributed by atoms with Crippen LogP contribution in [0.3, 0.4) is 0 Å². The van der Waals surface area contributed by atoms with E-state index >= 15 is 0 Å². The molecule has 9 nitrogen and oxygen atoms in total. The number of halogens is 1. The van der Waals surface area contributed by atoms with E-state index < -0.39 is 0 Å². The normalized spacial score (nSPS) is 29.1. The predicted molar refractivity (Wildman–Crippen MR) is 129 cm³/mol. The molecule has 1 saturated heterocycles. The van der Waals surface area contributed by atoms with Crippen LogP contribution in [0.4, 0.5) is 0 Å². The van der Waals surface area contributed by atoms with Crippen LogP contribution in [0.2, 0.25) is 0 Å². The number of dihydropyridines is 1. The highest BCUT2D eigenvalue weighted by Gasteiger charge is 2.68. The van der Waals surface area contributed by atoms with Crippen molar-refractivity contribution >= 4 is 23.6 Å². The molecule has 2 aromatic rings. The summed E-state index contributed by atoms with van der Waals surface area (Å²) in [6.07, 6.45) is 6.85. The van der Waals surface area contributed by atoms with Crippen LogP contribution in [-0.4, -0.2) is 62.4 Å². The first kappa shape index (κ1) is 22.2. The number of carbonyl (C=O) groups excluding carboxylic acids is 1. The fraction of sp³-hybridized carbons (Fsp3) is 0.520. The van der Waals surface area contributed by atoms with Gasteiger partial charge in [-0.15, -0.1) is 0 Å². The second-order valence-corrected chi connectivity index (χ2v) is 10.8. The lowest BCUT2D eigenvalue weighted by Crippen LogP contribution is -2.62. The number of allylic oxidation sites excluding steroid dienone is 1. The molecule has 1 atom stereocenters. The largest absolute Gasteiger partial charge is 0.472 e. The average molecular weight is 492 g/mol. The number of likely N-dealkylation sites (tertiary alicyclic amines) is 1. The highest BCUT2D eigenvalue weighted by molar-refractivity contribution is 6.44. The fourth-order valence-electron chi connectivity index (χ4n) is 6.28. The van der Waals surface area contributed by atoms with E-state index in [2.05, 4.69) is 32.6 Å². The monoisotopic (exact) mass is 491 g/mol. The first-order valence-corrected chi connectivity index (χ1v) is 12.3. The van der Waals surface area contributed by atoms with Gasteiger partial charge in [0.2, 0.25) is 5.88 Å². The zero-order chi connectivity index (χ0) is 24.4. The third kappa shape index (κ3) is 3.62. The number of carbonyl (C=O) groups is 1. The second-order valence-electron chi connectivity index (χ2n) is 10.4. The van der Waals surface area contributed by atoms with E-state index in [-0.39, 0.29) is 34.3 Å². The van der Waals surface area contributed by atoms with Gasteiger partial charge in [0.1, 0.15) is 24.0 Å². The molecule has 180 valence electrons. The lowest BCUT2D eigenvalue weighted by molar-refractivity contribution is -0.174. The minimum absolute atomic E-state index is 0.0607. The van der Waals surface area contributed by atoms with Gasteiger partial charge < -0.3 is 9.64 Å². The maximum absolute atomic E-state index is 11.9. The van der Waals surface area contributed by atoms with E-state index in [1.165, 1.54) is 6.33 Å². The SMILES string of the molecule is Cc1nn(CC23CC(C#N)(C2)C3)c(C)c1-c1cc(O[C@@H]2CCN(C3=C(Cl)C(=O)CN=C3)C2)ncn1. The summed E-state index contributed by atoms with van der Waals surface area (Å²) >= 11 is 6.22. The van der Waals surface area contributed by atoms with E-state index in [9.17, 15) is 10.1 Å². The van der Waals surface area contributed by atoms with Gasteiger partial charge in [0.15, 0.2) is 5.78 Å². The van der Waals surface area contributed by atoms with Gasteiger partial charge in [0.25, 0.3) is 0 Å². The molecule has 4 heterocycles. The quantitative estimate of drug-likeness (QED) is 0.610.